The third-order valence-corrected chi connectivity index (χ3v) is 6.02. The molecule has 178 valence electrons. The lowest BCUT2D eigenvalue weighted by Gasteiger charge is -2.25. The maximum absolute atomic E-state index is 13.1. The molecule has 0 bridgehead atoms. The second-order valence-electron chi connectivity index (χ2n) is 8.38. The first-order chi connectivity index (χ1) is 16.2. The molecule has 1 atom stereocenters. The van der Waals surface area contributed by atoms with Gasteiger partial charge in [0.25, 0.3) is 5.91 Å². The van der Waals surface area contributed by atoms with Crippen LogP contribution in [0.5, 0.6) is 11.5 Å². The van der Waals surface area contributed by atoms with Crippen molar-refractivity contribution >= 4 is 29.4 Å². The Morgan fingerprint density at radius 2 is 1.79 bits per heavy atom. The third-order valence-electron chi connectivity index (χ3n) is 6.02. The molecule has 34 heavy (non-hydrogen) atoms. The van der Waals surface area contributed by atoms with Gasteiger partial charge in [0.15, 0.2) is 11.5 Å². The van der Waals surface area contributed by atoms with E-state index in [0.717, 1.165) is 16.0 Å². The van der Waals surface area contributed by atoms with Crippen molar-refractivity contribution in [2.24, 2.45) is 0 Å². The second-order valence-corrected chi connectivity index (χ2v) is 8.38. The second kappa shape index (κ2) is 9.05. The van der Waals surface area contributed by atoms with Crippen molar-refractivity contribution in [3.05, 3.63) is 53.1 Å². The Bertz CT molecular complexity index is 1180. The molecule has 2 aromatic rings. The van der Waals surface area contributed by atoms with Gasteiger partial charge in [-0.2, -0.15) is 0 Å². The number of urea groups is 1. The van der Waals surface area contributed by atoms with Crippen LogP contribution in [-0.4, -0.2) is 55.0 Å². The van der Waals surface area contributed by atoms with Crippen molar-refractivity contribution in [2.45, 2.75) is 26.3 Å². The van der Waals surface area contributed by atoms with E-state index in [4.69, 9.17) is 9.47 Å². The van der Waals surface area contributed by atoms with E-state index in [1.54, 1.807) is 31.2 Å². The number of carbonyl (C=O) groups excluding carboxylic acids is 4. The lowest BCUT2D eigenvalue weighted by atomic mass is 9.91. The fraction of sp³-hybridized carbons (Fsp3) is 0.333. The van der Waals surface area contributed by atoms with Gasteiger partial charge in [0.2, 0.25) is 11.8 Å². The van der Waals surface area contributed by atoms with E-state index in [0.29, 0.717) is 36.0 Å². The van der Waals surface area contributed by atoms with Crippen LogP contribution in [0.25, 0.3) is 0 Å². The van der Waals surface area contributed by atoms with E-state index in [9.17, 15) is 19.2 Å². The number of anilines is 1. The van der Waals surface area contributed by atoms with Crippen LogP contribution in [-0.2, 0) is 19.9 Å². The minimum Gasteiger partial charge on any atom is -0.486 e. The van der Waals surface area contributed by atoms with Gasteiger partial charge in [-0.1, -0.05) is 18.2 Å². The Labute approximate surface area is 196 Å². The number of hydrogen-bond acceptors (Lipinski definition) is 6. The maximum atomic E-state index is 13.1. The van der Waals surface area contributed by atoms with Gasteiger partial charge in [-0.25, -0.2) is 4.79 Å². The first-order valence-corrected chi connectivity index (χ1v) is 10.9. The Morgan fingerprint density at radius 1 is 1.06 bits per heavy atom. The molecular formula is C24H26N4O6. The summed E-state index contributed by atoms with van der Waals surface area (Å²) in [5.74, 6) is -0.584. The standard InChI is InChI=1S/C24H26N4O6/c1-14-5-4-6-17(15(14)2)26-20(29)12-25-21(30)13-28-22(31)24(3,27-23(28)32)16-7-8-18-19(11-16)34-10-9-33-18/h4-8,11H,9-10,12-13H2,1-3H3,(H,25,30)(H,26,29)(H,27,32). The van der Waals surface area contributed by atoms with Crippen LogP contribution >= 0.6 is 0 Å². The summed E-state index contributed by atoms with van der Waals surface area (Å²) in [7, 11) is 0. The topological polar surface area (TPSA) is 126 Å². The number of carbonyl (C=O) groups is 4. The first kappa shape index (κ1) is 23.1. The molecule has 5 amide bonds. The van der Waals surface area contributed by atoms with Crippen molar-refractivity contribution in [1.29, 1.82) is 0 Å². The summed E-state index contributed by atoms with van der Waals surface area (Å²) in [6.45, 7) is 5.40. The zero-order valence-electron chi connectivity index (χ0n) is 19.2. The zero-order valence-corrected chi connectivity index (χ0v) is 19.2. The molecule has 1 unspecified atom stereocenters. The Hall–Kier alpha value is -4.08. The van der Waals surface area contributed by atoms with Crippen LogP contribution in [0, 0.1) is 13.8 Å². The van der Waals surface area contributed by atoms with E-state index < -0.39 is 35.8 Å². The van der Waals surface area contributed by atoms with Crippen molar-refractivity contribution in [3.8, 4) is 11.5 Å². The number of ether oxygens (including phenoxy) is 2. The molecular weight excluding hydrogens is 440 g/mol. The zero-order chi connectivity index (χ0) is 24.5. The van der Waals surface area contributed by atoms with E-state index in [-0.39, 0.29) is 6.54 Å². The molecule has 0 aliphatic carbocycles. The molecule has 2 aliphatic heterocycles. The minimum absolute atomic E-state index is 0.296. The lowest BCUT2D eigenvalue weighted by Crippen LogP contribution is -2.44. The van der Waals surface area contributed by atoms with Crippen molar-refractivity contribution < 1.29 is 28.7 Å². The van der Waals surface area contributed by atoms with Gasteiger partial charge in [-0.15, -0.1) is 0 Å². The number of aryl methyl sites for hydroxylation is 1. The smallest absolute Gasteiger partial charge is 0.325 e. The van der Waals surface area contributed by atoms with Crippen molar-refractivity contribution in [2.75, 3.05) is 31.6 Å². The highest BCUT2D eigenvalue weighted by Gasteiger charge is 2.49. The molecule has 2 aromatic carbocycles. The molecule has 2 heterocycles. The SMILES string of the molecule is Cc1cccc(NC(=O)CNC(=O)CN2C(=O)NC(C)(c3ccc4c(c3)OCCO4)C2=O)c1C. The monoisotopic (exact) mass is 466 g/mol. The number of hydrogen-bond donors (Lipinski definition) is 3. The normalized spacial score (nSPS) is 19.0. The van der Waals surface area contributed by atoms with Gasteiger partial charge in [0.1, 0.15) is 25.3 Å². The Balaban J connectivity index is 1.37. The van der Waals surface area contributed by atoms with Crippen molar-refractivity contribution in [3.63, 3.8) is 0 Å². The van der Waals surface area contributed by atoms with E-state index in [1.165, 1.54) is 0 Å². The first-order valence-electron chi connectivity index (χ1n) is 10.9. The highest BCUT2D eigenvalue weighted by atomic mass is 16.6. The summed E-state index contributed by atoms with van der Waals surface area (Å²) < 4.78 is 11.1. The summed E-state index contributed by atoms with van der Waals surface area (Å²) in [6.07, 6.45) is 0. The number of rotatable bonds is 6. The molecule has 0 saturated carbocycles. The quantitative estimate of drug-likeness (QED) is 0.555. The van der Waals surface area contributed by atoms with Crippen LogP contribution in [0.2, 0.25) is 0 Å². The number of imide groups is 1. The molecule has 0 spiro atoms. The molecule has 1 saturated heterocycles. The van der Waals surface area contributed by atoms with E-state index in [2.05, 4.69) is 16.0 Å². The van der Waals surface area contributed by atoms with E-state index >= 15 is 0 Å². The fourth-order valence-corrected chi connectivity index (χ4v) is 3.85. The largest absolute Gasteiger partial charge is 0.486 e. The summed E-state index contributed by atoms with van der Waals surface area (Å²) in [5, 5.41) is 7.84. The lowest BCUT2D eigenvalue weighted by molar-refractivity contribution is -0.135. The molecule has 2 aliphatic rings. The molecule has 0 radical (unpaired) electrons. The van der Waals surface area contributed by atoms with Gasteiger partial charge >= 0.3 is 6.03 Å². The van der Waals surface area contributed by atoms with Gasteiger partial charge in [-0.3, -0.25) is 19.3 Å². The number of nitrogens with zero attached hydrogens (tertiary/aromatic N) is 1. The van der Waals surface area contributed by atoms with Crippen LogP contribution in [0.1, 0.15) is 23.6 Å². The summed E-state index contributed by atoms with van der Waals surface area (Å²) >= 11 is 0. The third kappa shape index (κ3) is 4.39. The Morgan fingerprint density at radius 3 is 2.56 bits per heavy atom. The average Bonchev–Trinajstić information content (AvgIpc) is 3.04. The summed E-state index contributed by atoms with van der Waals surface area (Å²) in [4.78, 5) is 51.1. The van der Waals surface area contributed by atoms with Crippen LogP contribution in [0.3, 0.4) is 0 Å². The van der Waals surface area contributed by atoms with Gasteiger partial charge < -0.3 is 25.4 Å². The minimum atomic E-state index is -1.37. The predicted octanol–water partition coefficient (Wildman–Crippen LogP) is 1.60. The predicted molar refractivity (Wildman–Crippen MR) is 123 cm³/mol. The van der Waals surface area contributed by atoms with Gasteiger partial charge in [0.05, 0.1) is 6.54 Å². The summed E-state index contributed by atoms with van der Waals surface area (Å²) in [5.41, 5.74) is 1.75. The number of benzene rings is 2. The molecule has 10 nitrogen and oxygen atoms in total. The van der Waals surface area contributed by atoms with Crippen LogP contribution in [0.4, 0.5) is 10.5 Å². The average molecular weight is 466 g/mol. The number of amides is 5. The maximum Gasteiger partial charge on any atom is 0.325 e. The molecule has 3 N–H and O–H groups in total. The Kier molecular flexibility index (Phi) is 6.14. The van der Waals surface area contributed by atoms with Gasteiger partial charge in [-0.05, 0) is 55.7 Å². The molecule has 10 heteroatoms. The number of fused-ring (bicyclic) bond motifs is 1. The van der Waals surface area contributed by atoms with E-state index in [1.807, 2.05) is 26.0 Å². The van der Waals surface area contributed by atoms with Gasteiger partial charge in [0, 0.05) is 5.69 Å². The highest BCUT2D eigenvalue weighted by Crippen LogP contribution is 2.36. The molecule has 4 rings (SSSR count). The number of nitrogens with one attached hydrogen (secondary N) is 3. The molecule has 0 aromatic heterocycles. The highest BCUT2D eigenvalue weighted by molar-refractivity contribution is 6.09. The van der Waals surface area contributed by atoms with Crippen LogP contribution in [0.15, 0.2) is 36.4 Å². The summed E-state index contributed by atoms with van der Waals surface area (Å²) in [6, 6.07) is 9.83. The molecule has 1 fully saturated rings. The van der Waals surface area contributed by atoms with Crippen molar-refractivity contribution in [1.82, 2.24) is 15.5 Å². The fourth-order valence-electron chi connectivity index (χ4n) is 3.85. The van der Waals surface area contributed by atoms with Crippen LogP contribution < -0.4 is 25.4 Å².